The molecule has 3 saturated heterocycles. The third kappa shape index (κ3) is 5.63. The molecule has 2 N–H and O–H groups in total. The average molecular weight is 418 g/mol. The number of fused-ring (bicyclic) bond motifs is 3. The number of urea groups is 1. The molecule has 0 aliphatic carbocycles. The zero-order valence-electron chi connectivity index (χ0n) is 18.1. The predicted octanol–water partition coefficient (Wildman–Crippen LogP) is 3.52. The van der Waals surface area contributed by atoms with Crippen LogP contribution in [0.25, 0.3) is 0 Å². The Morgan fingerprint density at radius 2 is 2.06 bits per heavy atom. The number of benzene rings is 2. The van der Waals surface area contributed by atoms with E-state index in [0.717, 1.165) is 38.5 Å². The minimum absolute atomic E-state index is 0.211. The molecule has 3 heterocycles. The Kier molecular flexibility index (Phi) is 6.86. The van der Waals surface area contributed by atoms with Crippen LogP contribution in [0.2, 0.25) is 0 Å². The first-order valence-corrected chi connectivity index (χ1v) is 11.1. The number of nitrogens with one attached hydrogen (secondary N) is 2. The highest BCUT2D eigenvalue weighted by molar-refractivity contribution is 5.89. The van der Waals surface area contributed by atoms with Gasteiger partial charge in [-0.1, -0.05) is 36.4 Å². The Morgan fingerprint density at radius 3 is 2.81 bits per heavy atom. The molecule has 0 aromatic heterocycles. The number of amides is 2. The third-order valence-corrected chi connectivity index (χ3v) is 6.60. The zero-order chi connectivity index (χ0) is 21.6. The molecule has 6 heteroatoms. The van der Waals surface area contributed by atoms with Crippen LogP contribution in [0.1, 0.15) is 24.0 Å². The fourth-order valence-corrected chi connectivity index (χ4v) is 5.08. The first-order valence-electron chi connectivity index (χ1n) is 11.1. The molecule has 2 amide bonds. The molecule has 0 radical (unpaired) electrons. The Balaban J connectivity index is 1.23. The van der Waals surface area contributed by atoms with Gasteiger partial charge in [0.2, 0.25) is 0 Å². The molecule has 4 unspecified atom stereocenters. The van der Waals surface area contributed by atoms with E-state index < -0.39 is 0 Å². The van der Waals surface area contributed by atoms with Crippen LogP contribution < -0.4 is 10.6 Å². The van der Waals surface area contributed by atoms with Crippen LogP contribution in [0.3, 0.4) is 0 Å². The number of nitriles is 1. The van der Waals surface area contributed by atoms with Crippen molar-refractivity contribution in [3.8, 4) is 6.07 Å². The van der Waals surface area contributed by atoms with E-state index in [1.54, 1.807) is 24.3 Å². The van der Waals surface area contributed by atoms with Gasteiger partial charge in [-0.15, -0.1) is 0 Å². The second-order valence-corrected chi connectivity index (χ2v) is 8.90. The molecule has 0 saturated carbocycles. The molecule has 2 aromatic carbocycles. The van der Waals surface area contributed by atoms with E-state index in [4.69, 9.17) is 5.26 Å². The standard InChI is InChI=1S/C25H31N5O/c1-29(16-19-6-3-2-4-7-19)17-22-18-30-11-10-21(22)13-24(30)15-27-25(31)28-23-9-5-8-20(12-23)14-26/h2-9,12,21-22,24H,10-11,13,15-18H2,1H3,(H2,27,28,31). The Bertz CT molecular complexity index is 925. The number of hydrogen-bond donors (Lipinski definition) is 2. The van der Waals surface area contributed by atoms with Gasteiger partial charge < -0.3 is 15.5 Å². The second kappa shape index (κ2) is 9.95. The summed E-state index contributed by atoms with van der Waals surface area (Å²) in [6.07, 6.45) is 2.40. The smallest absolute Gasteiger partial charge is 0.319 e. The van der Waals surface area contributed by atoms with Gasteiger partial charge in [-0.3, -0.25) is 4.90 Å². The van der Waals surface area contributed by atoms with Gasteiger partial charge in [0, 0.05) is 37.9 Å². The number of carbonyl (C=O) groups excluding carboxylic acids is 1. The summed E-state index contributed by atoms with van der Waals surface area (Å²) in [6, 6.07) is 19.9. The number of nitrogens with zero attached hydrogens (tertiary/aromatic N) is 3. The fourth-order valence-electron chi connectivity index (χ4n) is 5.08. The van der Waals surface area contributed by atoms with E-state index in [2.05, 4.69) is 63.9 Å². The first kappa shape index (κ1) is 21.4. The average Bonchev–Trinajstić information content (AvgIpc) is 2.79. The van der Waals surface area contributed by atoms with Gasteiger partial charge in [0.1, 0.15) is 0 Å². The molecule has 0 spiro atoms. The van der Waals surface area contributed by atoms with Crippen molar-refractivity contribution in [2.45, 2.75) is 25.4 Å². The van der Waals surface area contributed by atoms with Gasteiger partial charge in [0.15, 0.2) is 0 Å². The second-order valence-electron chi connectivity index (χ2n) is 8.90. The Hall–Kier alpha value is -2.88. The summed E-state index contributed by atoms with van der Waals surface area (Å²) in [6.45, 7) is 5.00. The van der Waals surface area contributed by atoms with E-state index in [9.17, 15) is 4.79 Å². The van der Waals surface area contributed by atoms with Crippen molar-refractivity contribution in [3.05, 3.63) is 65.7 Å². The van der Waals surface area contributed by atoms with Crippen LogP contribution in [0.15, 0.2) is 54.6 Å². The summed E-state index contributed by atoms with van der Waals surface area (Å²) < 4.78 is 0. The van der Waals surface area contributed by atoms with E-state index >= 15 is 0 Å². The predicted molar refractivity (Wildman–Crippen MR) is 123 cm³/mol. The van der Waals surface area contributed by atoms with Crippen molar-refractivity contribution in [2.24, 2.45) is 11.8 Å². The topological polar surface area (TPSA) is 71.4 Å². The highest BCUT2D eigenvalue weighted by Gasteiger charge is 2.40. The van der Waals surface area contributed by atoms with E-state index in [0.29, 0.717) is 29.8 Å². The monoisotopic (exact) mass is 417 g/mol. The summed E-state index contributed by atoms with van der Waals surface area (Å²) in [7, 11) is 2.22. The first-order chi connectivity index (χ1) is 15.1. The summed E-state index contributed by atoms with van der Waals surface area (Å²) in [5.41, 5.74) is 2.54. The van der Waals surface area contributed by atoms with Crippen molar-refractivity contribution in [1.82, 2.24) is 15.1 Å². The molecule has 31 heavy (non-hydrogen) atoms. The molecule has 5 rings (SSSR count). The SMILES string of the molecule is CN(Cc1ccccc1)CC1CN2CCC1CC2CNC(=O)Nc1cccc(C#N)c1. The molecule has 3 aliphatic heterocycles. The van der Waals surface area contributed by atoms with Crippen LogP contribution in [-0.2, 0) is 6.54 Å². The van der Waals surface area contributed by atoms with Gasteiger partial charge in [-0.2, -0.15) is 5.26 Å². The maximum Gasteiger partial charge on any atom is 0.319 e. The Morgan fingerprint density at radius 1 is 1.23 bits per heavy atom. The molecule has 6 nitrogen and oxygen atoms in total. The lowest BCUT2D eigenvalue weighted by molar-refractivity contribution is -0.00889. The van der Waals surface area contributed by atoms with Crippen LogP contribution in [0.5, 0.6) is 0 Å². The van der Waals surface area contributed by atoms with Crippen molar-refractivity contribution in [2.75, 3.05) is 38.5 Å². The molecule has 3 aliphatic rings. The summed E-state index contributed by atoms with van der Waals surface area (Å²) in [4.78, 5) is 17.3. The lowest BCUT2D eigenvalue weighted by Gasteiger charge is -2.50. The summed E-state index contributed by atoms with van der Waals surface area (Å²) in [5.74, 6) is 1.42. The van der Waals surface area contributed by atoms with Crippen LogP contribution in [0, 0.1) is 23.2 Å². The molecular weight excluding hydrogens is 386 g/mol. The highest BCUT2D eigenvalue weighted by Crippen LogP contribution is 2.36. The van der Waals surface area contributed by atoms with Crippen LogP contribution in [-0.4, -0.2) is 55.1 Å². The molecule has 2 bridgehead atoms. The lowest BCUT2D eigenvalue weighted by Crippen LogP contribution is -2.58. The molecular formula is C25H31N5O. The number of piperidine rings is 3. The normalized spacial score (nSPS) is 24.5. The summed E-state index contributed by atoms with van der Waals surface area (Å²) >= 11 is 0. The number of rotatable bonds is 7. The van der Waals surface area contributed by atoms with Gasteiger partial charge in [0.05, 0.1) is 11.6 Å². The third-order valence-electron chi connectivity index (χ3n) is 6.60. The van der Waals surface area contributed by atoms with Gasteiger partial charge in [-0.25, -0.2) is 4.79 Å². The maximum atomic E-state index is 12.3. The van der Waals surface area contributed by atoms with Crippen molar-refractivity contribution < 1.29 is 4.79 Å². The van der Waals surface area contributed by atoms with Crippen LogP contribution in [0.4, 0.5) is 10.5 Å². The number of carbonyl (C=O) groups is 1. The largest absolute Gasteiger partial charge is 0.336 e. The number of hydrogen-bond acceptors (Lipinski definition) is 4. The highest BCUT2D eigenvalue weighted by atomic mass is 16.2. The maximum absolute atomic E-state index is 12.3. The fraction of sp³-hybridized carbons (Fsp3) is 0.440. The lowest BCUT2D eigenvalue weighted by atomic mass is 9.75. The quantitative estimate of drug-likeness (QED) is 0.723. The van der Waals surface area contributed by atoms with E-state index in [1.165, 1.54) is 12.0 Å². The molecule has 4 atom stereocenters. The molecule has 2 aromatic rings. The minimum Gasteiger partial charge on any atom is -0.336 e. The minimum atomic E-state index is -0.211. The van der Waals surface area contributed by atoms with Crippen molar-refractivity contribution in [1.29, 1.82) is 5.26 Å². The van der Waals surface area contributed by atoms with Gasteiger partial charge >= 0.3 is 6.03 Å². The van der Waals surface area contributed by atoms with Crippen LogP contribution >= 0.6 is 0 Å². The number of anilines is 1. The van der Waals surface area contributed by atoms with E-state index in [1.807, 2.05) is 0 Å². The van der Waals surface area contributed by atoms with Crippen molar-refractivity contribution in [3.63, 3.8) is 0 Å². The van der Waals surface area contributed by atoms with Gasteiger partial charge in [0.25, 0.3) is 0 Å². The van der Waals surface area contributed by atoms with E-state index in [-0.39, 0.29) is 6.03 Å². The Labute approximate surface area is 184 Å². The van der Waals surface area contributed by atoms with Gasteiger partial charge in [-0.05, 0) is 62.0 Å². The summed E-state index contributed by atoms with van der Waals surface area (Å²) in [5, 5.41) is 14.9. The molecule has 3 fully saturated rings. The van der Waals surface area contributed by atoms with Crippen molar-refractivity contribution >= 4 is 11.7 Å². The zero-order valence-corrected chi connectivity index (χ0v) is 18.1. The molecule has 162 valence electrons.